The van der Waals surface area contributed by atoms with Crippen LogP contribution in [0.25, 0.3) is 0 Å². The van der Waals surface area contributed by atoms with Crippen LogP contribution in [0.1, 0.15) is 60.8 Å². The second-order valence-corrected chi connectivity index (χ2v) is 8.92. The molecule has 5 nitrogen and oxygen atoms in total. The Hall–Kier alpha value is -1.26. The van der Waals surface area contributed by atoms with Gasteiger partial charge in [-0.15, -0.1) is 0 Å². The molecule has 0 aromatic carbocycles. The highest BCUT2D eigenvalue weighted by Gasteiger charge is 2.28. The number of hydrogen-bond acceptors (Lipinski definition) is 3. The summed E-state index contributed by atoms with van der Waals surface area (Å²) in [5, 5.41) is 0. The molecule has 0 aromatic heterocycles. The predicted octanol–water partition coefficient (Wildman–Crippen LogP) is 3.53. The van der Waals surface area contributed by atoms with Gasteiger partial charge in [-0.2, -0.15) is 0 Å². The van der Waals surface area contributed by atoms with Gasteiger partial charge in [-0.1, -0.05) is 20.8 Å². The first-order valence-corrected chi connectivity index (χ1v) is 8.59. The van der Waals surface area contributed by atoms with Crippen molar-refractivity contribution in [2.45, 2.75) is 66.4 Å². The summed E-state index contributed by atoms with van der Waals surface area (Å²) >= 11 is 0. The van der Waals surface area contributed by atoms with Crippen molar-refractivity contribution in [1.82, 2.24) is 9.80 Å². The molecule has 134 valence electrons. The fourth-order valence-corrected chi connectivity index (χ4v) is 2.70. The fourth-order valence-electron chi connectivity index (χ4n) is 2.70. The van der Waals surface area contributed by atoms with Gasteiger partial charge in [0.1, 0.15) is 5.60 Å². The number of piperidine rings is 1. The molecule has 1 aliphatic heterocycles. The van der Waals surface area contributed by atoms with E-state index in [0.717, 1.165) is 19.4 Å². The largest absolute Gasteiger partial charge is 0.444 e. The summed E-state index contributed by atoms with van der Waals surface area (Å²) in [6, 6.07) is 0. The van der Waals surface area contributed by atoms with E-state index < -0.39 is 5.60 Å². The molecule has 0 aliphatic carbocycles. The molecule has 1 heterocycles. The second-order valence-electron chi connectivity index (χ2n) is 8.92. The molecule has 1 fully saturated rings. The van der Waals surface area contributed by atoms with Crippen molar-refractivity contribution in [1.29, 1.82) is 0 Å². The number of carbonyl (C=O) groups excluding carboxylic acids is 2. The van der Waals surface area contributed by atoms with Crippen molar-refractivity contribution in [3.63, 3.8) is 0 Å². The minimum atomic E-state index is -0.451. The van der Waals surface area contributed by atoms with Gasteiger partial charge in [-0.05, 0) is 44.9 Å². The number of rotatable bonds is 3. The van der Waals surface area contributed by atoms with E-state index >= 15 is 0 Å². The Bertz CT molecular complexity index is 413. The molecular weight excluding hydrogens is 292 g/mol. The van der Waals surface area contributed by atoms with Gasteiger partial charge in [0.05, 0.1) is 0 Å². The number of nitrogens with zero attached hydrogens (tertiary/aromatic N) is 2. The van der Waals surface area contributed by atoms with Crippen LogP contribution in [0.15, 0.2) is 0 Å². The van der Waals surface area contributed by atoms with Crippen LogP contribution in [-0.4, -0.2) is 54.1 Å². The van der Waals surface area contributed by atoms with Crippen molar-refractivity contribution in [2.24, 2.45) is 11.3 Å². The number of amides is 2. The lowest BCUT2D eigenvalue weighted by atomic mass is 9.91. The summed E-state index contributed by atoms with van der Waals surface area (Å²) in [4.78, 5) is 27.9. The van der Waals surface area contributed by atoms with Crippen LogP contribution in [0.2, 0.25) is 0 Å². The first-order valence-electron chi connectivity index (χ1n) is 8.59. The molecule has 0 radical (unpaired) electrons. The monoisotopic (exact) mass is 326 g/mol. The Balaban J connectivity index is 2.39. The lowest BCUT2D eigenvalue weighted by molar-refractivity contribution is -0.132. The first-order chi connectivity index (χ1) is 10.4. The summed E-state index contributed by atoms with van der Waals surface area (Å²) in [5.41, 5.74) is -0.432. The Morgan fingerprint density at radius 2 is 1.61 bits per heavy atom. The van der Waals surface area contributed by atoms with Crippen LogP contribution >= 0.6 is 0 Å². The SMILES string of the molecule is CN(CC1CCN(C(=O)OC(C)(C)C)CC1)C(=O)CC(C)(C)C. The van der Waals surface area contributed by atoms with Crippen molar-refractivity contribution in [3.8, 4) is 0 Å². The number of carbonyl (C=O) groups is 2. The van der Waals surface area contributed by atoms with Gasteiger partial charge < -0.3 is 14.5 Å². The second kappa shape index (κ2) is 7.54. The fraction of sp³-hybridized carbons (Fsp3) is 0.889. The summed E-state index contributed by atoms with van der Waals surface area (Å²) in [7, 11) is 1.88. The molecule has 0 atom stereocenters. The quantitative estimate of drug-likeness (QED) is 0.797. The number of ether oxygens (including phenoxy) is 1. The first kappa shape index (κ1) is 19.8. The molecule has 0 bridgehead atoms. The molecule has 23 heavy (non-hydrogen) atoms. The molecule has 0 unspecified atom stereocenters. The number of hydrogen-bond donors (Lipinski definition) is 0. The maximum atomic E-state index is 12.2. The smallest absolute Gasteiger partial charge is 0.410 e. The Morgan fingerprint density at radius 3 is 2.04 bits per heavy atom. The summed E-state index contributed by atoms with van der Waals surface area (Å²) in [6.07, 6.45) is 2.19. The topological polar surface area (TPSA) is 49.9 Å². The van der Waals surface area contributed by atoms with E-state index in [1.807, 2.05) is 32.7 Å². The van der Waals surface area contributed by atoms with Crippen LogP contribution in [0.3, 0.4) is 0 Å². The average molecular weight is 326 g/mol. The molecule has 5 heteroatoms. The van der Waals surface area contributed by atoms with Crippen molar-refractivity contribution >= 4 is 12.0 Å². The Kier molecular flexibility index (Phi) is 6.49. The van der Waals surface area contributed by atoms with Crippen LogP contribution < -0.4 is 0 Å². The van der Waals surface area contributed by atoms with Gasteiger partial charge in [0.25, 0.3) is 0 Å². The van der Waals surface area contributed by atoms with Crippen LogP contribution in [-0.2, 0) is 9.53 Å². The van der Waals surface area contributed by atoms with Gasteiger partial charge in [0, 0.05) is 33.1 Å². The summed E-state index contributed by atoms with van der Waals surface area (Å²) in [6.45, 7) is 14.1. The van der Waals surface area contributed by atoms with Crippen molar-refractivity contribution in [3.05, 3.63) is 0 Å². The van der Waals surface area contributed by atoms with Gasteiger partial charge in [-0.25, -0.2) is 4.79 Å². The molecule has 1 saturated heterocycles. The molecule has 0 saturated carbocycles. The van der Waals surface area contributed by atoms with Crippen LogP contribution in [0.4, 0.5) is 4.79 Å². The molecule has 2 amide bonds. The normalized spacial score (nSPS) is 17.1. The third kappa shape index (κ3) is 7.71. The molecule has 0 N–H and O–H groups in total. The highest BCUT2D eigenvalue weighted by Crippen LogP contribution is 2.23. The van der Waals surface area contributed by atoms with Crippen LogP contribution in [0, 0.1) is 11.3 Å². The maximum Gasteiger partial charge on any atom is 0.410 e. The van der Waals surface area contributed by atoms with E-state index in [9.17, 15) is 9.59 Å². The summed E-state index contributed by atoms with van der Waals surface area (Å²) in [5.74, 6) is 0.662. The predicted molar refractivity (Wildman–Crippen MR) is 92.2 cm³/mol. The third-order valence-corrected chi connectivity index (χ3v) is 3.91. The van der Waals surface area contributed by atoms with Crippen LogP contribution in [0.5, 0.6) is 0 Å². The van der Waals surface area contributed by atoms with Crippen molar-refractivity contribution < 1.29 is 14.3 Å². The zero-order valence-corrected chi connectivity index (χ0v) is 15.9. The van der Waals surface area contributed by atoms with E-state index in [4.69, 9.17) is 4.74 Å². The van der Waals surface area contributed by atoms with Gasteiger partial charge in [-0.3, -0.25) is 4.79 Å². The van der Waals surface area contributed by atoms with Gasteiger partial charge in [0.2, 0.25) is 5.91 Å². The molecule has 1 aliphatic rings. The van der Waals surface area contributed by atoms with Gasteiger partial charge in [0.15, 0.2) is 0 Å². The van der Waals surface area contributed by atoms with Gasteiger partial charge >= 0.3 is 6.09 Å². The average Bonchev–Trinajstić information content (AvgIpc) is 2.35. The summed E-state index contributed by atoms with van der Waals surface area (Å²) < 4.78 is 5.41. The molecule has 0 spiro atoms. The van der Waals surface area contributed by atoms with E-state index in [1.165, 1.54) is 0 Å². The number of likely N-dealkylation sites (tertiary alicyclic amines) is 1. The molecule has 1 rings (SSSR count). The lowest BCUT2D eigenvalue weighted by Crippen LogP contribution is -2.44. The highest BCUT2D eigenvalue weighted by molar-refractivity contribution is 5.76. The minimum Gasteiger partial charge on any atom is -0.444 e. The zero-order valence-electron chi connectivity index (χ0n) is 15.9. The minimum absolute atomic E-state index is 0.0193. The maximum absolute atomic E-state index is 12.2. The van der Waals surface area contributed by atoms with Crippen molar-refractivity contribution in [2.75, 3.05) is 26.7 Å². The van der Waals surface area contributed by atoms with E-state index in [1.54, 1.807) is 4.90 Å². The van der Waals surface area contributed by atoms with E-state index in [0.29, 0.717) is 25.4 Å². The standard InChI is InChI=1S/C18H34N2O3/c1-17(2,3)12-15(21)19(7)13-14-8-10-20(11-9-14)16(22)23-18(4,5)6/h14H,8-13H2,1-7H3. The van der Waals surface area contributed by atoms with E-state index in [-0.39, 0.29) is 17.4 Å². The molecular formula is C18H34N2O3. The van der Waals surface area contributed by atoms with E-state index in [2.05, 4.69) is 20.8 Å². The Morgan fingerprint density at radius 1 is 1.09 bits per heavy atom. The molecule has 0 aromatic rings. The Labute approximate surface area is 141 Å². The zero-order chi connectivity index (χ0) is 17.8. The third-order valence-electron chi connectivity index (χ3n) is 3.91. The highest BCUT2D eigenvalue weighted by atomic mass is 16.6. The lowest BCUT2D eigenvalue weighted by Gasteiger charge is -2.35.